The number of hydrogen-bond donors (Lipinski definition) is 0. The highest BCUT2D eigenvalue weighted by Gasteiger charge is 2.13. The number of aromatic nitrogens is 2. The van der Waals surface area contributed by atoms with Crippen molar-refractivity contribution in [1.82, 2.24) is 9.55 Å². The summed E-state index contributed by atoms with van der Waals surface area (Å²) in [6.07, 6.45) is 2.03. The first-order chi connectivity index (χ1) is 11.1. The first-order valence-electron chi connectivity index (χ1n) is 7.25. The summed E-state index contributed by atoms with van der Waals surface area (Å²) >= 11 is 5.96. The lowest BCUT2D eigenvalue weighted by Gasteiger charge is -2.14. The molecule has 0 aliphatic heterocycles. The van der Waals surface area contributed by atoms with E-state index in [9.17, 15) is 0 Å². The van der Waals surface area contributed by atoms with Gasteiger partial charge in [-0.05, 0) is 36.4 Å². The van der Waals surface area contributed by atoms with E-state index in [1.165, 1.54) is 0 Å². The Morgan fingerprint density at radius 1 is 1.00 bits per heavy atom. The van der Waals surface area contributed by atoms with Crippen molar-refractivity contribution < 1.29 is 4.74 Å². The quantitative estimate of drug-likeness (QED) is 0.717. The van der Waals surface area contributed by atoms with Crippen LogP contribution in [0.15, 0.2) is 54.7 Å². The van der Waals surface area contributed by atoms with Crippen LogP contribution in [-0.4, -0.2) is 30.8 Å². The van der Waals surface area contributed by atoms with E-state index in [-0.39, 0.29) is 0 Å². The van der Waals surface area contributed by atoms with Gasteiger partial charge in [-0.1, -0.05) is 23.7 Å². The number of benzene rings is 2. The van der Waals surface area contributed by atoms with Crippen molar-refractivity contribution in [1.29, 1.82) is 0 Å². The van der Waals surface area contributed by atoms with E-state index >= 15 is 0 Å². The number of nitrogens with zero attached hydrogens (tertiary/aromatic N) is 3. The summed E-state index contributed by atoms with van der Waals surface area (Å²) in [4.78, 5) is 6.73. The van der Waals surface area contributed by atoms with Crippen molar-refractivity contribution in [3.63, 3.8) is 0 Å². The second-order valence-electron chi connectivity index (χ2n) is 5.40. The van der Waals surface area contributed by atoms with Crippen LogP contribution in [0.25, 0.3) is 16.9 Å². The Bertz CT molecular complexity index is 792. The maximum atomic E-state index is 5.96. The van der Waals surface area contributed by atoms with Gasteiger partial charge < -0.3 is 9.64 Å². The Morgan fingerprint density at radius 3 is 2.22 bits per heavy atom. The summed E-state index contributed by atoms with van der Waals surface area (Å²) in [5.41, 5.74) is 2.97. The monoisotopic (exact) mass is 327 g/mol. The Morgan fingerprint density at radius 2 is 1.65 bits per heavy atom. The van der Waals surface area contributed by atoms with E-state index in [4.69, 9.17) is 21.3 Å². The zero-order valence-electron chi connectivity index (χ0n) is 13.3. The van der Waals surface area contributed by atoms with Crippen molar-refractivity contribution in [2.75, 3.05) is 26.1 Å². The topological polar surface area (TPSA) is 30.3 Å². The Hall–Kier alpha value is -2.46. The normalized spacial score (nSPS) is 10.6. The van der Waals surface area contributed by atoms with Gasteiger partial charge in [0.15, 0.2) is 0 Å². The fourth-order valence-electron chi connectivity index (χ4n) is 2.38. The van der Waals surface area contributed by atoms with Gasteiger partial charge in [-0.25, -0.2) is 4.98 Å². The van der Waals surface area contributed by atoms with Crippen LogP contribution in [0.5, 0.6) is 5.75 Å². The SMILES string of the molecule is COc1ccc(-n2cc(-c3ccc(Cl)cc3)nc2N(C)C)cc1. The van der Waals surface area contributed by atoms with E-state index in [0.717, 1.165) is 33.7 Å². The highest BCUT2D eigenvalue weighted by Crippen LogP contribution is 2.27. The average molecular weight is 328 g/mol. The lowest BCUT2D eigenvalue weighted by Crippen LogP contribution is -2.14. The highest BCUT2D eigenvalue weighted by molar-refractivity contribution is 6.30. The van der Waals surface area contributed by atoms with Gasteiger partial charge in [-0.2, -0.15) is 0 Å². The molecule has 0 bridgehead atoms. The Labute approximate surface area is 140 Å². The number of imidazole rings is 1. The molecule has 0 atom stereocenters. The van der Waals surface area contributed by atoms with Crippen molar-refractivity contribution >= 4 is 17.5 Å². The lowest BCUT2D eigenvalue weighted by atomic mass is 10.2. The number of halogens is 1. The molecule has 3 aromatic rings. The molecule has 1 heterocycles. The van der Waals surface area contributed by atoms with Crippen molar-refractivity contribution in [2.45, 2.75) is 0 Å². The minimum absolute atomic E-state index is 0.719. The van der Waals surface area contributed by atoms with Gasteiger partial charge in [0.05, 0.1) is 12.8 Å². The number of anilines is 1. The van der Waals surface area contributed by atoms with Crippen molar-refractivity contribution in [2.24, 2.45) is 0 Å². The van der Waals surface area contributed by atoms with E-state index < -0.39 is 0 Å². The molecule has 3 rings (SSSR count). The lowest BCUT2D eigenvalue weighted by molar-refractivity contribution is 0.415. The summed E-state index contributed by atoms with van der Waals surface area (Å²) in [6, 6.07) is 15.6. The molecule has 4 nitrogen and oxygen atoms in total. The first-order valence-corrected chi connectivity index (χ1v) is 7.63. The van der Waals surface area contributed by atoms with Gasteiger partial charge in [0.25, 0.3) is 0 Å². The third-order valence-corrected chi connectivity index (χ3v) is 3.83. The summed E-state index contributed by atoms with van der Waals surface area (Å²) in [7, 11) is 5.62. The molecule has 0 aliphatic carbocycles. The van der Waals surface area contributed by atoms with Gasteiger partial charge in [-0.3, -0.25) is 4.57 Å². The number of methoxy groups -OCH3 is 1. The van der Waals surface area contributed by atoms with Crippen LogP contribution >= 0.6 is 11.6 Å². The molecule has 0 unspecified atom stereocenters. The van der Waals surface area contributed by atoms with E-state index in [1.807, 2.05) is 73.7 Å². The molecule has 1 aromatic heterocycles. The molecule has 0 fully saturated rings. The molecule has 0 aliphatic rings. The molecule has 0 spiro atoms. The summed E-state index contributed by atoms with van der Waals surface area (Å²) in [6.45, 7) is 0. The zero-order chi connectivity index (χ0) is 16.4. The molecule has 0 saturated heterocycles. The smallest absolute Gasteiger partial charge is 0.210 e. The van der Waals surface area contributed by atoms with Gasteiger partial charge in [0, 0.05) is 36.6 Å². The van der Waals surface area contributed by atoms with Crippen LogP contribution in [0.4, 0.5) is 5.95 Å². The third kappa shape index (κ3) is 3.17. The van der Waals surface area contributed by atoms with Crippen molar-refractivity contribution in [3.8, 4) is 22.7 Å². The minimum atomic E-state index is 0.719. The fourth-order valence-corrected chi connectivity index (χ4v) is 2.50. The van der Waals surface area contributed by atoms with Gasteiger partial charge in [-0.15, -0.1) is 0 Å². The third-order valence-electron chi connectivity index (χ3n) is 3.58. The zero-order valence-corrected chi connectivity index (χ0v) is 14.1. The predicted octanol–water partition coefficient (Wildman–Crippen LogP) is 4.27. The van der Waals surface area contributed by atoms with Gasteiger partial charge in [0.1, 0.15) is 5.75 Å². The average Bonchev–Trinajstić information content (AvgIpc) is 3.01. The first kappa shape index (κ1) is 15.4. The molecule has 2 aromatic carbocycles. The van der Waals surface area contributed by atoms with E-state index in [1.54, 1.807) is 7.11 Å². The Kier molecular flexibility index (Phi) is 4.26. The summed E-state index contributed by atoms with van der Waals surface area (Å²) < 4.78 is 7.28. The predicted molar refractivity (Wildman–Crippen MR) is 94.9 cm³/mol. The molecule has 5 heteroatoms. The maximum absolute atomic E-state index is 5.96. The summed E-state index contributed by atoms with van der Waals surface area (Å²) in [5, 5.41) is 0.719. The molecule has 23 heavy (non-hydrogen) atoms. The molecular formula is C18H18ClN3O. The highest BCUT2D eigenvalue weighted by atomic mass is 35.5. The number of ether oxygens (including phenoxy) is 1. The molecule has 0 radical (unpaired) electrons. The number of rotatable bonds is 4. The van der Waals surface area contributed by atoms with Crippen LogP contribution in [0, 0.1) is 0 Å². The van der Waals surface area contributed by atoms with Crippen LogP contribution in [0.2, 0.25) is 5.02 Å². The molecule has 0 saturated carbocycles. The van der Waals surface area contributed by atoms with Gasteiger partial charge in [0.2, 0.25) is 5.95 Å². The van der Waals surface area contributed by atoms with E-state index in [0.29, 0.717) is 0 Å². The summed E-state index contributed by atoms with van der Waals surface area (Å²) in [5.74, 6) is 1.69. The minimum Gasteiger partial charge on any atom is -0.497 e. The standard InChI is InChI=1S/C18H18ClN3O/c1-21(2)18-20-17(13-4-6-14(19)7-5-13)12-22(18)15-8-10-16(23-3)11-9-15/h4-12H,1-3H3. The molecule has 0 amide bonds. The number of hydrogen-bond acceptors (Lipinski definition) is 3. The van der Waals surface area contributed by atoms with Crippen LogP contribution in [0.3, 0.4) is 0 Å². The van der Waals surface area contributed by atoms with E-state index in [2.05, 4.69) is 4.57 Å². The second kappa shape index (κ2) is 6.34. The molecule has 118 valence electrons. The van der Waals surface area contributed by atoms with Crippen LogP contribution < -0.4 is 9.64 Å². The molecule has 0 N–H and O–H groups in total. The molecular weight excluding hydrogens is 310 g/mol. The maximum Gasteiger partial charge on any atom is 0.210 e. The van der Waals surface area contributed by atoms with Gasteiger partial charge >= 0.3 is 0 Å². The fraction of sp³-hybridized carbons (Fsp3) is 0.167. The van der Waals surface area contributed by atoms with Crippen LogP contribution in [-0.2, 0) is 0 Å². The van der Waals surface area contributed by atoms with Crippen LogP contribution in [0.1, 0.15) is 0 Å². The van der Waals surface area contributed by atoms with Crippen molar-refractivity contribution in [3.05, 3.63) is 59.8 Å². The largest absolute Gasteiger partial charge is 0.497 e. The Balaban J connectivity index is 2.06. The second-order valence-corrected chi connectivity index (χ2v) is 5.83.